The maximum Gasteiger partial charge on any atom is 0.300 e. The van der Waals surface area contributed by atoms with Crippen LogP contribution in [-0.4, -0.2) is 20.5 Å². The van der Waals surface area contributed by atoms with Gasteiger partial charge in [0.2, 0.25) is 0 Å². The van der Waals surface area contributed by atoms with E-state index in [1.165, 1.54) is 10.5 Å². The topological polar surface area (TPSA) is 71.7 Å². The molecule has 0 spiro atoms. The number of rotatable bonds is 0. The number of carboxylic acid groups (broad SMARTS) is 1. The molecule has 16 heavy (non-hydrogen) atoms. The van der Waals surface area contributed by atoms with E-state index in [1.54, 1.807) is 6.20 Å². The average Bonchev–Trinajstić information content (AvgIpc) is 2.16. The summed E-state index contributed by atoms with van der Waals surface area (Å²) in [6, 6.07) is 7.01. The minimum Gasteiger partial charge on any atom is -0.481 e. The van der Waals surface area contributed by atoms with Crippen LogP contribution in [0.15, 0.2) is 35.3 Å². The van der Waals surface area contributed by atoms with Crippen molar-refractivity contribution in [1.29, 1.82) is 0 Å². The number of carbonyl (C=O) groups is 1. The summed E-state index contributed by atoms with van der Waals surface area (Å²) < 4.78 is 1.52. The highest BCUT2D eigenvalue weighted by Gasteiger charge is 1.95. The summed E-state index contributed by atoms with van der Waals surface area (Å²) in [6.07, 6.45) is 1.71. The molecule has 0 saturated heterocycles. The maximum absolute atomic E-state index is 11.3. The fourth-order valence-electron chi connectivity index (χ4n) is 1.17. The number of hydrogen-bond donors (Lipinski definition) is 1. The van der Waals surface area contributed by atoms with Crippen molar-refractivity contribution in [2.75, 3.05) is 0 Å². The van der Waals surface area contributed by atoms with Crippen LogP contribution in [0.1, 0.15) is 12.6 Å². The van der Waals surface area contributed by atoms with Gasteiger partial charge in [-0.15, -0.1) is 0 Å². The van der Waals surface area contributed by atoms with Gasteiger partial charge in [0.25, 0.3) is 11.5 Å². The van der Waals surface area contributed by atoms with Crippen LogP contribution in [0.2, 0.25) is 0 Å². The quantitative estimate of drug-likeness (QED) is 0.721. The molecule has 0 atom stereocenters. The van der Waals surface area contributed by atoms with Crippen LogP contribution in [0.3, 0.4) is 0 Å². The molecule has 0 aliphatic heterocycles. The number of pyridine rings is 1. The van der Waals surface area contributed by atoms with Crippen LogP contribution in [0, 0.1) is 6.92 Å². The summed E-state index contributed by atoms with van der Waals surface area (Å²) in [6.45, 7) is 2.90. The summed E-state index contributed by atoms with van der Waals surface area (Å²) >= 11 is 0. The number of hydrogen-bond acceptors (Lipinski definition) is 3. The van der Waals surface area contributed by atoms with Gasteiger partial charge in [-0.3, -0.25) is 14.0 Å². The molecule has 0 saturated carbocycles. The number of aromatic nitrogens is 2. The second-order valence-corrected chi connectivity index (χ2v) is 3.18. The third kappa shape index (κ3) is 3.20. The molecular formula is C11H12N2O3. The lowest BCUT2D eigenvalue weighted by Crippen LogP contribution is -2.13. The molecule has 0 bridgehead atoms. The van der Waals surface area contributed by atoms with Crippen LogP contribution in [0.5, 0.6) is 0 Å². The van der Waals surface area contributed by atoms with Crippen LogP contribution < -0.4 is 5.56 Å². The molecule has 5 heteroatoms. The Morgan fingerprint density at radius 3 is 2.69 bits per heavy atom. The van der Waals surface area contributed by atoms with Crippen molar-refractivity contribution in [3.8, 4) is 0 Å². The molecule has 0 aliphatic carbocycles. The van der Waals surface area contributed by atoms with Gasteiger partial charge in [-0.05, 0) is 19.1 Å². The second kappa shape index (κ2) is 5.06. The first-order valence-electron chi connectivity index (χ1n) is 4.65. The Morgan fingerprint density at radius 1 is 1.44 bits per heavy atom. The summed E-state index contributed by atoms with van der Waals surface area (Å²) in [4.78, 5) is 24.5. The lowest BCUT2D eigenvalue weighted by Gasteiger charge is -1.98. The van der Waals surface area contributed by atoms with Crippen molar-refractivity contribution >= 4 is 11.6 Å². The Morgan fingerprint density at radius 2 is 2.06 bits per heavy atom. The fourth-order valence-corrected chi connectivity index (χ4v) is 1.17. The summed E-state index contributed by atoms with van der Waals surface area (Å²) in [7, 11) is 0. The molecular weight excluding hydrogens is 208 g/mol. The molecule has 0 fully saturated rings. The molecule has 0 unspecified atom stereocenters. The highest BCUT2D eigenvalue weighted by atomic mass is 16.4. The molecule has 5 nitrogen and oxygen atoms in total. The van der Waals surface area contributed by atoms with Gasteiger partial charge < -0.3 is 5.11 Å². The zero-order valence-corrected chi connectivity index (χ0v) is 9.04. The normalized spacial score (nSPS) is 9.38. The molecule has 2 aromatic heterocycles. The molecule has 2 aromatic rings. The van der Waals surface area contributed by atoms with Gasteiger partial charge >= 0.3 is 0 Å². The third-order valence-corrected chi connectivity index (χ3v) is 1.70. The van der Waals surface area contributed by atoms with Gasteiger partial charge in [0.1, 0.15) is 5.65 Å². The smallest absolute Gasteiger partial charge is 0.300 e. The zero-order chi connectivity index (χ0) is 12.1. The van der Waals surface area contributed by atoms with Gasteiger partial charge in [0, 0.05) is 24.9 Å². The van der Waals surface area contributed by atoms with Gasteiger partial charge in [0.15, 0.2) is 0 Å². The molecule has 2 heterocycles. The van der Waals surface area contributed by atoms with E-state index in [2.05, 4.69) is 4.98 Å². The SMILES string of the molecule is CC(=O)O.Cc1cc(=O)n2ccccc2n1. The largest absolute Gasteiger partial charge is 0.481 e. The highest BCUT2D eigenvalue weighted by molar-refractivity contribution is 5.62. The van der Waals surface area contributed by atoms with Crippen LogP contribution in [0.4, 0.5) is 0 Å². The van der Waals surface area contributed by atoms with E-state index in [-0.39, 0.29) is 5.56 Å². The molecule has 1 N–H and O–H groups in total. The molecule has 84 valence electrons. The van der Waals surface area contributed by atoms with Gasteiger partial charge in [-0.1, -0.05) is 6.07 Å². The van der Waals surface area contributed by atoms with Gasteiger partial charge in [-0.25, -0.2) is 4.98 Å². The number of aryl methyl sites for hydroxylation is 1. The van der Waals surface area contributed by atoms with Gasteiger partial charge in [-0.2, -0.15) is 0 Å². The Labute approximate surface area is 92.0 Å². The third-order valence-electron chi connectivity index (χ3n) is 1.70. The van der Waals surface area contributed by atoms with E-state index in [9.17, 15) is 4.79 Å². The molecule has 0 aliphatic rings. The van der Waals surface area contributed by atoms with Crippen molar-refractivity contribution < 1.29 is 9.90 Å². The minimum atomic E-state index is -0.833. The lowest BCUT2D eigenvalue weighted by atomic mass is 10.4. The Bertz CT molecular complexity index is 556. The van der Waals surface area contributed by atoms with Crippen molar-refractivity contribution in [1.82, 2.24) is 9.38 Å². The predicted octanol–water partition coefficient (Wildman–Crippen LogP) is 1.09. The van der Waals surface area contributed by atoms with Gasteiger partial charge in [0.05, 0.1) is 0 Å². The number of carboxylic acids is 1. The number of nitrogens with zero attached hydrogens (tertiary/aromatic N) is 2. The van der Waals surface area contributed by atoms with Crippen LogP contribution in [-0.2, 0) is 4.79 Å². The van der Waals surface area contributed by atoms with E-state index in [4.69, 9.17) is 9.90 Å². The van der Waals surface area contributed by atoms with E-state index in [0.717, 1.165) is 12.6 Å². The van der Waals surface area contributed by atoms with E-state index in [1.807, 2.05) is 25.1 Å². The average molecular weight is 220 g/mol. The summed E-state index contributed by atoms with van der Waals surface area (Å²) in [5, 5.41) is 7.42. The Balaban J connectivity index is 0.000000280. The zero-order valence-electron chi connectivity index (χ0n) is 9.04. The predicted molar refractivity (Wildman–Crippen MR) is 59.5 cm³/mol. The van der Waals surface area contributed by atoms with E-state index >= 15 is 0 Å². The monoisotopic (exact) mass is 220 g/mol. The maximum atomic E-state index is 11.3. The molecule has 0 aromatic carbocycles. The lowest BCUT2D eigenvalue weighted by molar-refractivity contribution is -0.134. The summed E-state index contributed by atoms with van der Waals surface area (Å²) in [5.74, 6) is -0.833. The van der Waals surface area contributed by atoms with Crippen LogP contribution in [0.25, 0.3) is 5.65 Å². The number of fused-ring (bicyclic) bond motifs is 1. The van der Waals surface area contributed by atoms with E-state index in [0.29, 0.717) is 5.65 Å². The fraction of sp³-hybridized carbons (Fsp3) is 0.182. The van der Waals surface area contributed by atoms with Crippen molar-refractivity contribution in [2.45, 2.75) is 13.8 Å². The first-order valence-corrected chi connectivity index (χ1v) is 4.65. The van der Waals surface area contributed by atoms with E-state index < -0.39 is 5.97 Å². The highest BCUT2D eigenvalue weighted by Crippen LogP contribution is 1.96. The molecule has 0 radical (unpaired) electrons. The Hall–Kier alpha value is -2.17. The van der Waals surface area contributed by atoms with Crippen LogP contribution >= 0.6 is 0 Å². The number of aliphatic carboxylic acids is 1. The molecule has 0 amide bonds. The molecule has 2 rings (SSSR count). The summed E-state index contributed by atoms with van der Waals surface area (Å²) in [5.41, 5.74) is 1.42. The standard InChI is InChI=1S/C9H8N2O.C2H4O2/c1-7-6-9(12)11-5-3-2-4-8(11)10-7;1-2(3)4/h2-6H,1H3;1H3,(H,3,4). The first-order chi connectivity index (χ1) is 7.50. The first kappa shape index (κ1) is 11.9. The van der Waals surface area contributed by atoms with Crippen molar-refractivity contribution in [3.05, 3.63) is 46.5 Å². The van der Waals surface area contributed by atoms with Crippen molar-refractivity contribution in [3.63, 3.8) is 0 Å². The minimum absolute atomic E-state index is 0.0295. The second-order valence-electron chi connectivity index (χ2n) is 3.18. The van der Waals surface area contributed by atoms with Crippen molar-refractivity contribution in [2.24, 2.45) is 0 Å². The Kier molecular flexibility index (Phi) is 3.77.